The molecule has 0 aliphatic rings. The van der Waals surface area contributed by atoms with E-state index in [-0.39, 0.29) is 28.8 Å². The molecule has 0 unspecified atom stereocenters. The molecule has 164 valence electrons. The second kappa shape index (κ2) is 10.1. The van der Waals surface area contributed by atoms with E-state index in [9.17, 15) is 13.2 Å². The summed E-state index contributed by atoms with van der Waals surface area (Å²) in [5.74, 6) is -0.221. The third-order valence-corrected chi connectivity index (χ3v) is 6.66. The number of hydrogen-bond acceptors (Lipinski definition) is 4. The van der Waals surface area contributed by atoms with Gasteiger partial charge in [-0.1, -0.05) is 35.9 Å². The monoisotopic (exact) mass is 460 g/mol. The fourth-order valence-corrected chi connectivity index (χ4v) is 4.72. The van der Waals surface area contributed by atoms with Crippen LogP contribution in [-0.2, 0) is 21.2 Å². The van der Waals surface area contributed by atoms with E-state index in [1.54, 1.807) is 12.1 Å². The highest BCUT2D eigenvalue weighted by atomic mass is 35.5. The Bertz CT molecular complexity index is 1160. The van der Waals surface area contributed by atoms with E-state index in [2.05, 4.69) is 15.1 Å². The number of amides is 1. The molecule has 0 aliphatic heterocycles. The maximum absolute atomic E-state index is 12.3. The first kappa shape index (κ1) is 23.0. The van der Waals surface area contributed by atoms with Gasteiger partial charge in [0.15, 0.2) is 0 Å². The molecule has 0 radical (unpaired) electrons. The van der Waals surface area contributed by atoms with Crippen LogP contribution in [0.1, 0.15) is 23.4 Å². The SMILES string of the molecule is Cc1cc(C)n(-c2ccc(CCNC(=O)CCNS(=O)(=O)c3ccccc3Cl)cc2)n1. The van der Waals surface area contributed by atoms with Crippen molar-refractivity contribution in [2.24, 2.45) is 0 Å². The van der Waals surface area contributed by atoms with Gasteiger partial charge in [0.2, 0.25) is 15.9 Å². The van der Waals surface area contributed by atoms with Crippen LogP contribution in [0.3, 0.4) is 0 Å². The molecular formula is C22H25ClN4O3S. The topological polar surface area (TPSA) is 93.1 Å². The number of nitrogens with one attached hydrogen (secondary N) is 2. The first-order valence-corrected chi connectivity index (χ1v) is 11.8. The second-order valence-electron chi connectivity index (χ2n) is 7.18. The van der Waals surface area contributed by atoms with Gasteiger partial charge >= 0.3 is 0 Å². The van der Waals surface area contributed by atoms with Crippen LogP contribution in [0.4, 0.5) is 0 Å². The predicted molar refractivity (Wildman–Crippen MR) is 121 cm³/mol. The molecule has 0 fully saturated rings. The van der Waals surface area contributed by atoms with Gasteiger partial charge in [-0.3, -0.25) is 4.79 Å². The van der Waals surface area contributed by atoms with Crippen LogP contribution < -0.4 is 10.0 Å². The number of rotatable bonds is 9. The summed E-state index contributed by atoms with van der Waals surface area (Å²) in [6, 6.07) is 16.2. The molecule has 2 aromatic carbocycles. The van der Waals surface area contributed by atoms with Gasteiger partial charge in [0.1, 0.15) is 4.90 Å². The Hall–Kier alpha value is -2.68. The molecule has 3 rings (SSSR count). The first-order valence-electron chi connectivity index (χ1n) is 9.90. The molecule has 9 heteroatoms. The summed E-state index contributed by atoms with van der Waals surface area (Å²) in [5, 5.41) is 7.42. The van der Waals surface area contributed by atoms with Gasteiger partial charge < -0.3 is 5.32 Å². The molecule has 0 saturated heterocycles. The lowest BCUT2D eigenvalue weighted by Crippen LogP contribution is -2.31. The van der Waals surface area contributed by atoms with Crippen molar-refractivity contribution in [1.82, 2.24) is 19.8 Å². The van der Waals surface area contributed by atoms with Gasteiger partial charge in [-0.25, -0.2) is 17.8 Å². The third-order valence-electron chi connectivity index (χ3n) is 4.70. The average molecular weight is 461 g/mol. The minimum absolute atomic E-state index is 0.000915. The number of aryl methyl sites for hydroxylation is 2. The summed E-state index contributed by atoms with van der Waals surface area (Å²) in [4.78, 5) is 12.0. The van der Waals surface area contributed by atoms with E-state index in [0.29, 0.717) is 13.0 Å². The minimum atomic E-state index is -3.75. The molecule has 1 amide bonds. The number of aromatic nitrogens is 2. The zero-order valence-electron chi connectivity index (χ0n) is 17.4. The number of hydrogen-bond donors (Lipinski definition) is 2. The summed E-state index contributed by atoms with van der Waals surface area (Å²) in [7, 11) is -3.75. The van der Waals surface area contributed by atoms with E-state index < -0.39 is 10.0 Å². The van der Waals surface area contributed by atoms with Gasteiger partial charge in [-0.15, -0.1) is 0 Å². The number of halogens is 1. The zero-order valence-corrected chi connectivity index (χ0v) is 19.0. The maximum Gasteiger partial charge on any atom is 0.242 e. The highest BCUT2D eigenvalue weighted by Gasteiger charge is 2.17. The maximum atomic E-state index is 12.3. The fourth-order valence-electron chi connectivity index (χ4n) is 3.17. The van der Waals surface area contributed by atoms with Crippen LogP contribution >= 0.6 is 11.6 Å². The summed E-state index contributed by atoms with van der Waals surface area (Å²) >= 11 is 5.93. The third kappa shape index (κ3) is 6.16. The normalized spacial score (nSPS) is 11.5. The molecule has 2 N–H and O–H groups in total. The summed E-state index contributed by atoms with van der Waals surface area (Å²) in [6.07, 6.45) is 0.717. The molecule has 7 nitrogen and oxygen atoms in total. The van der Waals surface area contributed by atoms with Crippen molar-refractivity contribution in [3.05, 3.63) is 76.6 Å². The number of carbonyl (C=O) groups is 1. The fraction of sp³-hybridized carbons (Fsp3) is 0.273. The van der Waals surface area contributed by atoms with Crippen molar-refractivity contribution in [1.29, 1.82) is 0 Å². The highest BCUT2D eigenvalue weighted by Crippen LogP contribution is 2.20. The Balaban J connectivity index is 1.42. The van der Waals surface area contributed by atoms with Crippen molar-refractivity contribution in [2.75, 3.05) is 13.1 Å². The van der Waals surface area contributed by atoms with E-state index >= 15 is 0 Å². The van der Waals surface area contributed by atoms with Crippen molar-refractivity contribution in [2.45, 2.75) is 31.6 Å². The molecule has 31 heavy (non-hydrogen) atoms. The lowest BCUT2D eigenvalue weighted by molar-refractivity contribution is -0.120. The molecular weight excluding hydrogens is 436 g/mol. The van der Waals surface area contributed by atoms with E-state index in [4.69, 9.17) is 11.6 Å². The Morgan fingerprint density at radius 1 is 1.06 bits per heavy atom. The Morgan fingerprint density at radius 2 is 1.77 bits per heavy atom. The largest absolute Gasteiger partial charge is 0.356 e. The number of benzene rings is 2. The van der Waals surface area contributed by atoms with Crippen molar-refractivity contribution in [3.63, 3.8) is 0 Å². The van der Waals surface area contributed by atoms with Gasteiger partial charge in [-0.2, -0.15) is 5.10 Å². The lowest BCUT2D eigenvalue weighted by atomic mass is 10.1. The molecule has 0 bridgehead atoms. The minimum Gasteiger partial charge on any atom is -0.356 e. The van der Waals surface area contributed by atoms with Crippen LogP contribution in [0.25, 0.3) is 5.69 Å². The van der Waals surface area contributed by atoms with E-state index in [1.165, 1.54) is 12.1 Å². The van der Waals surface area contributed by atoms with Crippen LogP contribution in [0.2, 0.25) is 5.02 Å². The molecule has 3 aromatic rings. The van der Waals surface area contributed by atoms with Gasteiger partial charge in [0, 0.05) is 25.2 Å². The van der Waals surface area contributed by atoms with E-state index in [1.807, 2.05) is 48.9 Å². The average Bonchev–Trinajstić information content (AvgIpc) is 3.06. The van der Waals surface area contributed by atoms with E-state index in [0.717, 1.165) is 22.6 Å². The molecule has 0 aliphatic carbocycles. The van der Waals surface area contributed by atoms with Crippen LogP contribution in [0, 0.1) is 13.8 Å². The summed E-state index contributed by atoms with van der Waals surface area (Å²) < 4.78 is 28.8. The van der Waals surface area contributed by atoms with Crippen LogP contribution in [-0.4, -0.2) is 37.2 Å². The molecule has 0 atom stereocenters. The Morgan fingerprint density at radius 3 is 2.42 bits per heavy atom. The second-order valence-corrected chi connectivity index (χ2v) is 9.33. The highest BCUT2D eigenvalue weighted by molar-refractivity contribution is 7.89. The van der Waals surface area contributed by atoms with Gasteiger partial charge in [0.05, 0.1) is 16.4 Å². The number of sulfonamides is 1. The van der Waals surface area contributed by atoms with Crippen LogP contribution in [0.5, 0.6) is 0 Å². The number of nitrogens with zero attached hydrogens (tertiary/aromatic N) is 2. The zero-order chi connectivity index (χ0) is 22.4. The first-order chi connectivity index (χ1) is 14.8. The molecule has 1 heterocycles. The summed E-state index contributed by atoms with van der Waals surface area (Å²) in [5.41, 5.74) is 4.12. The lowest BCUT2D eigenvalue weighted by Gasteiger charge is -2.09. The predicted octanol–water partition coefficient (Wildman–Crippen LogP) is 3.17. The summed E-state index contributed by atoms with van der Waals surface area (Å²) in [6.45, 7) is 4.44. The van der Waals surface area contributed by atoms with Gasteiger partial charge in [-0.05, 0) is 56.2 Å². The molecule has 0 saturated carbocycles. The quantitative estimate of drug-likeness (QED) is 0.513. The smallest absolute Gasteiger partial charge is 0.242 e. The molecule has 1 aromatic heterocycles. The molecule has 0 spiro atoms. The van der Waals surface area contributed by atoms with Gasteiger partial charge in [0.25, 0.3) is 0 Å². The van der Waals surface area contributed by atoms with Crippen molar-refractivity contribution >= 4 is 27.5 Å². The Kier molecular flexibility index (Phi) is 7.48. The number of carbonyl (C=O) groups excluding carboxylic acids is 1. The van der Waals surface area contributed by atoms with Crippen LogP contribution in [0.15, 0.2) is 59.5 Å². The van der Waals surface area contributed by atoms with Crippen molar-refractivity contribution in [3.8, 4) is 5.69 Å². The van der Waals surface area contributed by atoms with Crippen molar-refractivity contribution < 1.29 is 13.2 Å². The standard InChI is InChI=1S/C22H25ClN4O3S/c1-16-15-17(2)27(26-16)19-9-7-18(8-10-19)11-13-24-22(28)12-14-25-31(29,30)21-6-4-3-5-20(21)23/h3-10,15,25H,11-14H2,1-2H3,(H,24,28). The Labute approximate surface area is 187 Å².